The van der Waals surface area contributed by atoms with E-state index in [1.54, 1.807) is 16.7 Å². The predicted molar refractivity (Wildman–Crippen MR) is 80.0 cm³/mol. The standard InChI is InChI=1S/C14H24N2O3S/c1-10(2)8-16(11-3-4-11)14(19)15-5-6-20-9-12(15)7-13(17)18/h10-12H,3-9H2,1-2H3,(H,17,18). The van der Waals surface area contributed by atoms with Crippen molar-refractivity contribution in [2.75, 3.05) is 24.6 Å². The van der Waals surface area contributed by atoms with Crippen molar-refractivity contribution < 1.29 is 14.7 Å². The molecule has 2 rings (SSSR count). The molecule has 114 valence electrons. The number of hydrogen-bond donors (Lipinski definition) is 1. The van der Waals surface area contributed by atoms with E-state index in [0.29, 0.717) is 18.5 Å². The average molecular weight is 300 g/mol. The molecule has 0 spiro atoms. The van der Waals surface area contributed by atoms with E-state index in [0.717, 1.165) is 30.9 Å². The van der Waals surface area contributed by atoms with E-state index in [4.69, 9.17) is 5.11 Å². The van der Waals surface area contributed by atoms with Gasteiger partial charge in [0.15, 0.2) is 0 Å². The van der Waals surface area contributed by atoms with Crippen LogP contribution in [0.5, 0.6) is 0 Å². The summed E-state index contributed by atoms with van der Waals surface area (Å²) in [6, 6.07) is 0.268. The molecule has 2 aliphatic rings. The fourth-order valence-corrected chi connectivity index (χ4v) is 3.67. The average Bonchev–Trinajstić information content (AvgIpc) is 3.19. The molecule has 0 radical (unpaired) electrons. The zero-order chi connectivity index (χ0) is 14.7. The molecule has 1 saturated heterocycles. The highest BCUT2D eigenvalue weighted by Crippen LogP contribution is 2.30. The van der Waals surface area contributed by atoms with Gasteiger partial charge in [0.2, 0.25) is 0 Å². The van der Waals surface area contributed by atoms with Crippen LogP contribution in [0.15, 0.2) is 0 Å². The molecule has 2 fully saturated rings. The van der Waals surface area contributed by atoms with Gasteiger partial charge in [-0.2, -0.15) is 11.8 Å². The van der Waals surface area contributed by atoms with E-state index in [-0.39, 0.29) is 18.5 Å². The number of nitrogens with zero attached hydrogens (tertiary/aromatic N) is 2. The number of thioether (sulfide) groups is 1. The zero-order valence-corrected chi connectivity index (χ0v) is 13.1. The van der Waals surface area contributed by atoms with Crippen molar-refractivity contribution in [1.29, 1.82) is 0 Å². The topological polar surface area (TPSA) is 60.9 Å². The highest BCUT2D eigenvalue weighted by atomic mass is 32.2. The van der Waals surface area contributed by atoms with Crippen molar-refractivity contribution >= 4 is 23.8 Å². The molecule has 0 aromatic carbocycles. The minimum Gasteiger partial charge on any atom is -0.481 e. The number of carbonyl (C=O) groups is 2. The molecule has 1 unspecified atom stereocenters. The molecule has 1 saturated carbocycles. The number of amides is 2. The maximum atomic E-state index is 12.8. The van der Waals surface area contributed by atoms with Crippen molar-refractivity contribution in [3.63, 3.8) is 0 Å². The van der Waals surface area contributed by atoms with Crippen LogP contribution in [0.2, 0.25) is 0 Å². The number of hydrogen-bond acceptors (Lipinski definition) is 3. The van der Waals surface area contributed by atoms with Crippen LogP contribution in [0.3, 0.4) is 0 Å². The van der Waals surface area contributed by atoms with Gasteiger partial charge in [-0.15, -0.1) is 0 Å². The second kappa shape index (κ2) is 6.70. The third kappa shape index (κ3) is 4.04. The molecule has 1 aliphatic heterocycles. The highest BCUT2D eigenvalue weighted by Gasteiger charge is 2.38. The molecule has 1 aliphatic carbocycles. The molecule has 1 N–H and O–H groups in total. The molecule has 1 heterocycles. The Kier molecular flexibility index (Phi) is 5.18. The van der Waals surface area contributed by atoms with Crippen molar-refractivity contribution in [1.82, 2.24) is 9.80 Å². The van der Waals surface area contributed by atoms with Gasteiger partial charge in [-0.05, 0) is 18.8 Å². The van der Waals surface area contributed by atoms with Gasteiger partial charge in [-0.1, -0.05) is 13.8 Å². The van der Waals surface area contributed by atoms with Crippen LogP contribution in [-0.2, 0) is 4.79 Å². The first kappa shape index (κ1) is 15.5. The Morgan fingerprint density at radius 2 is 2.10 bits per heavy atom. The minimum atomic E-state index is -0.822. The molecule has 1 atom stereocenters. The van der Waals surface area contributed by atoms with Crippen LogP contribution < -0.4 is 0 Å². The fourth-order valence-electron chi connectivity index (χ4n) is 2.61. The van der Waals surface area contributed by atoms with Crippen LogP contribution in [0.25, 0.3) is 0 Å². The molecule has 5 nitrogen and oxygen atoms in total. The first-order chi connectivity index (χ1) is 9.49. The molecule has 20 heavy (non-hydrogen) atoms. The predicted octanol–water partition coefficient (Wildman–Crippen LogP) is 2.12. The number of rotatable bonds is 5. The van der Waals surface area contributed by atoms with Gasteiger partial charge >= 0.3 is 12.0 Å². The van der Waals surface area contributed by atoms with E-state index in [1.807, 2.05) is 4.90 Å². The van der Waals surface area contributed by atoms with Gasteiger partial charge in [0.05, 0.1) is 12.5 Å². The van der Waals surface area contributed by atoms with Gasteiger partial charge in [0, 0.05) is 30.6 Å². The van der Waals surface area contributed by atoms with Crippen LogP contribution in [0.4, 0.5) is 4.79 Å². The second-order valence-electron chi connectivity index (χ2n) is 6.08. The van der Waals surface area contributed by atoms with Gasteiger partial charge in [0.25, 0.3) is 0 Å². The number of aliphatic carboxylic acids is 1. The third-order valence-electron chi connectivity index (χ3n) is 3.68. The summed E-state index contributed by atoms with van der Waals surface area (Å²) in [4.78, 5) is 27.5. The molecule has 0 bridgehead atoms. The Labute approximate surface area is 124 Å². The molecule has 2 amide bonds. The van der Waals surface area contributed by atoms with Crippen molar-refractivity contribution in [3.8, 4) is 0 Å². The lowest BCUT2D eigenvalue weighted by atomic mass is 10.2. The number of urea groups is 1. The van der Waals surface area contributed by atoms with Crippen LogP contribution >= 0.6 is 11.8 Å². The van der Waals surface area contributed by atoms with Crippen molar-refractivity contribution in [2.45, 2.75) is 45.2 Å². The lowest BCUT2D eigenvalue weighted by molar-refractivity contribution is -0.138. The molecular weight excluding hydrogens is 276 g/mol. The summed E-state index contributed by atoms with van der Waals surface area (Å²) in [5.74, 6) is 1.26. The normalized spacial score (nSPS) is 22.9. The quantitative estimate of drug-likeness (QED) is 0.845. The molecule has 6 heteroatoms. The fraction of sp³-hybridized carbons (Fsp3) is 0.857. The van der Waals surface area contributed by atoms with Crippen molar-refractivity contribution in [2.24, 2.45) is 5.92 Å². The minimum absolute atomic E-state index is 0.0488. The molecule has 0 aromatic rings. The summed E-state index contributed by atoms with van der Waals surface area (Å²) in [7, 11) is 0. The lowest BCUT2D eigenvalue weighted by Gasteiger charge is -2.39. The van der Waals surface area contributed by atoms with E-state index in [9.17, 15) is 9.59 Å². The summed E-state index contributed by atoms with van der Waals surface area (Å²) in [5.41, 5.74) is 0. The number of carboxylic acids is 1. The van der Waals surface area contributed by atoms with Crippen LogP contribution in [0, 0.1) is 5.92 Å². The summed E-state index contributed by atoms with van der Waals surface area (Å²) in [6.45, 7) is 5.67. The Morgan fingerprint density at radius 3 is 2.65 bits per heavy atom. The lowest BCUT2D eigenvalue weighted by Crippen LogP contribution is -2.53. The van der Waals surface area contributed by atoms with Gasteiger partial charge < -0.3 is 14.9 Å². The summed E-state index contributed by atoms with van der Waals surface area (Å²) in [6.07, 6.45) is 2.23. The first-order valence-electron chi connectivity index (χ1n) is 7.35. The maximum absolute atomic E-state index is 12.8. The van der Waals surface area contributed by atoms with Crippen LogP contribution in [0.1, 0.15) is 33.1 Å². The Hall–Kier alpha value is -0.910. The van der Waals surface area contributed by atoms with Gasteiger partial charge in [0.1, 0.15) is 0 Å². The third-order valence-corrected chi connectivity index (χ3v) is 4.77. The smallest absolute Gasteiger partial charge is 0.320 e. The molecule has 0 aromatic heterocycles. The highest BCUT2D eigenvalue weighted by molar-refractivity contribution is 7.99. The monoisotopic (exact) mass is 300 g/mol. The Bertz CT molecular complexity index is 371. The van der Waals surface area contributed by atoms with E-state index in [1.165, 1.54) is 0 Å². The summed E-state index contributed by atoms with van der Waals surface area (Å²) in [5, 5.41) is 9.01. The summed E-state index contributed by atoms with van der Waals surface area (Å²) < 4.78 is 0. The van der Waals surface area contributed by atoms with E-state index >= 15 is 0 Å². The maximum Gasteiger partial charge on any atom is 0.320 e. The SMILES string of the molecule is CC(C)CN(C(=O)N1CCSCC1CC(=O)O)C1CC1. The first-order valence-corrected chi connectivity index (χ1v) is 8.51. The second-order valence-corrected chi connectivity index (χ2v) is 7.23. The zero-order valence-electron chi connectivity index (χ0n) is 12.2. The van der Waals surface area contributed by atoms with Gasteiger partial charge in [-0.25, -0.2) is 4.79 Å². The van der Waals surface area contributed by atoms with Crippen LogP contribution in [-0.4, -0.2) is 63.6 Å². The van der Waals surface area contributed by atoms with Crippen molar-refractivity contribution in [3.05, 3.63) is 0 Å². The van der Waals surface area contributed by atoms with E-state index in [2.05, 4.69) is 13.8 Å². The molecular formula is C14H24N2O3S. The Balaban J connectivity index is 2.04. The van der Waals surface area contributed by atoms with Gasteiger partial charge in [-0.3, -0.25) is 4.79 Å². The Morgan fingerprint density at radius 1 is 1.40 bits per heavy atom. The largest absolute Gasteiger partial charge is 0.481 e. The number of carbonyl (C=O) groups excluding carboxylic acids is 1. The summed E-state index contributed by atoms with van der Waals surface area (Å²) >= 11 is 1.74. The van der Waals surface area contributed by atoms with E-state index < -0.39 is 5.97 Å². The number of carboxylic acid groups (broad SMARTS) is 1.